The molecule has 0 bridgehead atoms. The van der Waals surface area contributed by atoms with Crippen molar-refractivity contribution in [3.05, 3.63) is 47.2 Å². The zero-order chi connectivity index (χ0) is 13.0. The molecule has 2 aromatic rings. The summed E-state index contributed by atoms with van der Waals surface area (Å²) in [6, 6.07) is 8.78. The summed E-state index contributed by atoms with van der Waals surface area (Å²) < 4.78 is 1.57. The van der Waals surface area contributed by atoms with Crippen LogP contribution in [0, 0.1) is 0 Å². The van der Waals surface area contributed by atoms with Crippen molar-refractivity contribution in [2.75, 3.05) is 13.2 Å². The fourth-order valence-electron chi connectivity index (χ4n) is 1.47. The van der Waals surface area contributed by atoms with Crippen LogP contribution in [0.5, 0.6) is 0 Å². The van der Waals surface area contributed by atoms with Crippen LogP contribution in [0.1, 0.15) is 10.5 Å². The molecule has 5 nitrogen and oxygen atoms in total. The number of amides is 1. The average Bonchev–Trinajstić information content (AvgIpc) is 2.85. The van der Waals surface area contributed by atoms with Crippen molar-refractivity contribution >= 4 is 17.5 Å². The number of nitrogens with one attached hydrogen (secondary N) is 1. The second-order valence-electron chi connectivity index (χ2n) is 3.60. The van der Waals surface area contributed by atoms with Crippen LogP contribution >= 0.6 is 11.6 Å². The first-order chi connectivity index (χ1) is 8.70. The van der Waals surface area contributed by atoms with Crippen LogP contribution in [0.15, 0.2) is 36.5 Å². The standard InChI is InChI=1S/C12H12ClN3O2/c13-9-2-1-3-10(8-9)16-6-4-11(15-16)12(18)14-5-7-17/h1-4,6,8,17H,5,7H2,(H,14,18). The lowest BCUT2D eigenvalue weighted by Crippen LogP contribution is -2.26. The third-order valence-corrected chi connectivity index (χ3v) is 2.53. The molecule has 0 aliphatic carbocycles. The van der Waals surface area contributed by atoms with E-state index in [0.717, 1.165) is 5.69 Å². The number of aromatic nitrogens is 2. The molecule has 1 aromatic heterocycles. The molecule has 0 aliphatic rings. The zero-order valence-electron chi connectivity index (χ0n) is 9.51. The molecule has 1 amide bonds. The van der Waals surface area contributed by atoms with Crippen molar-refractivity contribution < 1.29 is 9.90 Å². The highest BCUT2D eigenvalue weighted by atomic mass is 35.5. The summed E-state index contributed by atoms with van der Waals surface area (Å²) >= 11 is 5.88. The van der Waals surface area contributed by atoms with Crippen LogP contribution in [0.25, 0.3) is 5.69 Å². The first-order valence-electron chi connectivity index (χ1n) is 5.41. The Morgan fingerprint density at radius 3 is 3.00 bits per heavy atom. The van der Waals surface area contributed by atoms with Gasteiger partial charge in [0.25, 0.3) is 5.91 Å². The van der Waals surface area contributed by atoms with E-state index in [1.54, 1.807) is 29.1 Å². The predicted octanol–water partition coefficient (Wildman–Crippen LogP) is 1.25. The highest BCUT2D eigenvalue weighted by molar-refractivity contribution is 6.30. The van der Waals surface area contributed by atoms with E-state index in [4.69, 9.17) is 16.7 Å². The van der Waals surface area contributed by atoms with Crippen LogP contribution in [0.2, 0.25) is 5.02 Å². The third-order valence-electron chi connectivity index (χ3n) is 2.29. The van der Waals surface area contributed by atoms with Gasteiger partial charge in [-0.1, -0.05) is 17.7 Å². The van der Waals surface area contributed by atoms with Gasteiger partial charge in [-0.2, -0.15) is 5.10 Å². The number of aliphatic hydroxyl groups excluding tert-OH is 1. The van der Waals surface area contributed by atoms with E-state index < -0.39 is 0 Å². The number of nitrogens with zero attached hydrogens (tertiary/aromatic N) is 2. The number of halogens is 1. The first kappa shape index (κ1) is 12.6. The van der Waals surface area contributed by atoms with Gasteiger partial charge in [-0.3, -0.25) is 4.79 Å². The lowest BCUT2D eigenvalue weighted by Gasteiger charge is -2.02. The normalized spacial score (nSPS) is 10.3. The predicted molar refractivity (Wildman–Crippen MR) is 68.0 cm³/mol. The van der Waals surface area contributed by atoms with Crippen molar-refractivity contribution in [2.45, 2.75) is 0 Å². The van der Waals surface area contributed by atoms with Gasteiger partial charge in [0.15, 0.2) is 5.69 Å². The third kappa shape index (κ3) is 2.88. The first-order valence-corrected chi connectivity index (χ1v) is 5.79. The Labute approximate surface area is 109 Å². The van der Waals surface area contributed by atoms with Gasteiger partial charge >= 0.3 is 0 Å². The molecular weight excluding hydrogens is 254 g/mol. The Morgan fingerprint density at radius 2 is 2.28 bits per heavy atom. The molecule has 0 atom stereocenters. The average molecular weight is 266 g/mol. The molecule has 0 unspecified atom stereocenters. The Balaban J connectivity index is 2.17. The van der Waals surface area contributed by atoms with Gasteiger partial charge in [-0.25, -0.2) is 4.68 Å². The van der Waals surface area contributed by atoms with Crippen LogP contribution in [-0.4, -0.2) is 33.9 Å². The number of aliphatic hydroxyl groups is 1. The summed E-state index contributed by atoms with van der Waals surface area (Å²) in [5, 5.41) is 15.9. The number of benzene rings is 1. The Morgan fingerprint density at radius 1 is 1.44 bits per heavy atom. The van der Waals surface area contributed by atoms with E-state index >= 15 is 0 Å². The van der Waals surface area contributed by atoms with E-state index in [2.05, 4.69) is 10.4 Å². The molecule has 0 saturated carbocycles. The molecule has 0 radical (unpaired) electrons. The highest BCUT2D eigenvalue weighted by Gasteiger charge is 2.09. The number of carbonyl (C=O) groups is 1. The van der Waals surface area contributed by atoms with Gasteiger partial charge in [0.05, 0.1) is 12.3 Å². The molecule has 0 spiro atoms. The molecule has 6 heteroatoms. The molecule has 94 valence electrons. The fourth-order valence-corrected chi connectivity index (χ4v) is 1.65. The Kier molecular flexibility index (Phi) is 3.96. The molecule has 0 fully saturated rings. The van der Waals surface area contributed by atoms with Crippen LogP contribution in [0.3, 0.4) is 0 Å². The maximum atomic E-state index is 11.6. The molecule has 0 aliphatic heterocycles. The molecule has 1 heterocycles. The van der Waals surface area contributed by atoms with Gasteiger partial charge < -0.3 is 10.4 Å². The molecule has 2 N–H and O–H groups in total. The van der Waals surface area contributed by atoms with Crippen molar-refractivity contribution in [3.8, 4) is 5.69 Å². The van der Waals surface area contributed by atoms with E-state index in [-0.39, 0.29) is 19.1 Å². The number of rotatable bonds is 4. The van der Waals surface area contributed by atoms with Crippen molar-refractivity contribution in [3.63, 3.8) is 0 Å². The van der Waals surface area contributed by atoms with Gasteiger partial charge in [0.2, 0.25) is 0 Å². The topological polar surface area (TPSA) is 67.2 Å². The largest absolute Gasteiger partial charge is 0.395 e. The minimum atomic E-state index is -0.315. The lowest BCUT2D eigenvalue weighted by atomic mass is 10.3. The molecule has 2 rings (SSSR count). The molecule has 1 aromatic carbocycles. The maximum absolute atomic E-state index is 11.6. The van der Waals surface area contributed by atoms with Crippen LogP contribution < -0.4 is 5.32 Å². The van der Waals surface area contributed by atoms with E-state index in [0.29, 0.717) is 10.7 Å². The second-order valence-corrected chi connectivity index (χ2v) is 4.04. The zero-order valence-corrected chi connectivity index (χ0v) is 10.3. The molecule has 0 saturated heterocycles. The minimum absolute atomic E-state index is 0.0965. The van der Waals surface area contributed by atoms with Crippen molar-refractivity contribution in [1.82, 2.24) is 15.1 Å². The summed E-state index contributed by atoms with van der Waals surface area (Å²) in [5.41, 5.74) is 1.08. The number of carbonyl (C=O) groups excluding carboxylic acids is 1. The monoisotopic (exact) mass is 265 g/mol. The Bertz CT molecular complexity index is 554. The molecular formula is C12H12ClN3O2. The summed E-state index contributed by atoms with van der Waals surface area (Å²) in [5.74, 6) is -0.315. The van der Waals surface area contributed by atoms with Crippen LogP contribution in [0.4, 0.5) is 0 Å². The summed E-state index contributed by atoms with van der Waals surface area (Å²) in [6.45, 7) is 0.115. The maximum Gasteiger partial charge on any atom is 0.271 e. The quantitative estimate of drug-likeness (QED) is 0.874. The second kappa shape index (κ2) is 5.66. The van der Waals surface area contributed by atoms with Crippen molar-refractivity contribution in [2.24, 2.45) is 0 Å². The van der Waals surface area contributed by atoms with Crippen LogP contribution in [-0.2, 0) is 0 Å². The van der Waals surface area contributed by atoms with Gasteiger partial charge in [-0.05, 0) is 24.3 Å². The van der Waals surface area contributed by atoms with Gasteiger partial charge in [-0.15, -0.1) is 0 Å². The summed E-state index contributed by atoms with van der Waals surface area (Å²) in [7, 11) is 0. The number of hydrogen-bond acceptors (Lipinski definition) is 3. The molecule has 18 heavy (non-hydrogen) atoms. The lowest BCUT2D eigenvalue weighted by molar-refractivity contribution is 0.0939. The van der Waals surface area contributed by atoms with Gasteiger partial charge in [0.1, 0.15) is 0 Å². The summed E-state index contributed by atoms with van der Waals surface area (Å²) in [6.07, 6.45) is 1.68. The van der Waals surface area contributed by atoms with E-state index in [1.165, 1.54) is 0 Å². The smallest absolute Gasteiger partial charge is 0.271 e. The van der Waals surface area contributed by atoms with E-state index in [1.807, 2.05) is 12.1 Å². The minimum Gasteiger partial charge on any atom is -0.395 e. The SMILES string of the molecule is O=C(NCCO)c1ccn(-c2cccc(Cl)c2)n1. The van der Waals surface area contributed by atoms with E-state index in [9.17, 15) is 4.79 Å². The Hall–Kier alpha value is -1.85. The number of hydrogen-bond donors (Lipinski definition) is 2. The van der Waals surface area contributed by atoms with Crippen molar-refractivity contribution in [1.29, 1.82) is 0 Å². The van der Waals surface area contributed by atoms with Gasteiger partial charge in [0, 0.05) is 17.8 Å². The summed E-state index contributed by atoms with van der Waals surface area (Å²) in [4.78, 5) is 11.6. The fraction of sp³-hybridized carbons (Fsp3) is 0.167. The highest BCUT2D eigenvalue weighted by Crippen LogP contribution is 2.14.